The average Bonchev–Trinajstić information content (AvgIpc) is 2.54. The van der Waals surface area contributed by atoms with E-state index in [1.807, 2.05) is 19.2 Å². The van der Waals surface area contributed by atoms with Gasteiger partial charge in [-0.15, -0.1) is 11.8 Å². The van der Waals surface area contributed by atoms with Crippen molar-refractivity contribution >= 4 is 23.7 Å². The highest BCUT2D eigenvalue weighted by molar-refractivity contribution is 7.98. The largest absolute Gasteiger partial charge is 0.338 e. The Morgan fingerprint density at radius 2 is 1.86 bits per heavy atom. The van der Waals surface area contributed by atoms with E-state index >= 15 is 0 Å². The second kappa shape index (κ2) is 7.64. The van der Waals surface area contributed by atoms with Crippen LogP contribution in [-0.2, 0) is 11.3 Å². The summed E-state index contributed by atoms with van der Waals surface area (Å²) in [6.45, 7) is 0.605. The number of thioether (sulfide) groups is 1. The molecule has 2 aromatic rings. The van der Waals surface area contributed by atoms with Gasteiger partial charge in [-0.1, -0.05) is 12.1 Å². The third-order valence-corrected chi connectivity index (χ3v) is 3.82. The number of likely N-dealkylation sites (N-methyl/N-ethyl adjacent to an activating group) is 1. The van der Waals surface area contributed by atoms with Crippen LogP contribution in [0.2, 0.25) is 0 Å². The Bertz CT molecular complexity index is 608. The van der Waals surface area contributed by atoms with Crippen LogP contribution in [0.5, 0.6) is 0 Å². The van der Waals surface area contributed by atoms with Gasteiger partial charge < -0.3 is 4.90 Å². The zero-order valence-corrected chi connectivity index (χ0v) is 13.0. The Morgan fingerprint density at radius 3 is 2.48 bits per heavy atom. The number of amides is 1. The topological polar surface area (TPSA) is 33.2 Å². The Hall–Kier alpha value is -2.07. The first-order valence-electron chi connectivity index (χ1n) is 6.65. The SMILES string of the molecule is CSc1ccc(CN(C)C(=O)C=Cc2ccncc2)cc1. The molecule has 0 spiro atoms. The number of nitrogens with zero attached hydrogens (tertiary/aromatic N) is 2. The summed E-state index contributed by atoms with van der Waals surface area (Å²) in [5, 5.41) is 0. The summed E-state index contributed by atoms with van der Waals surface area (Å²) in [4.78, 5) is 18.9. The van der Waals surface area contributed by atoms with Gasteiger partial charge in [-0.05, 0) is 47.7 Å². The van der Waals surface area contributed by atoms with Gasteiger partial charge in [-0.25, -0.2) is 0 Å². The predicted molar refractivity (Wildman–Crippen MR) is 88.0 cm³/mol. The number of carbonyl (C=O) groups is 1. The summed E-state index contributed by atoms with van der Waals surface area (Å²) in [7, 11) is 1.81. The van der Waals surface area contributed by atoms with E-state index in [0.717, 1.165) is 11.1 Å². The van der Waals surface area contributed by atoms with Crippen molar-refractivity contribution in [2.45, 2.75) is 11.4 Å². The minimum absolute atomic E-state index is 0.0132. The highest BCUT2D eigenvalue weighted by Gasteiger charge is 2.05. The van der Waals surface area contributed by atoms with Crippen molar-refractivity contribution in [3.63, 3.8) is 0 Å². The molecule has 0 saturated carbocycles. The fourth-order valence-electron chi connectivity index (χ4n) is 1.85. The first-order chi connectivity index (χ1) is 10.2. The molecule has 0 fully saturated rings. The molecule has 1 aromatic heterocycles. The minimum Gasteiger partial charge on any atom is -0.338 e. The first kappa shape index (κ1) is 15.3. The van der Waals surface area contributed by atoms with Gasteiger partial charge in [0.25, 0.3) is 0 Å². The van der Waals surface area contributed by atoms with Crippen LogP contribution in [0, 0.1) is 0 Å². The lowest BCUT2D eigenvalue weighted by atomic mass is 10.2. The highest BCUT2D eigenvalue weighted by atomic mass is 32.2. The maximum atomic E-state index is 12.1. The quantitative estimate of drug-likeness (QED) is 0.626. The van der Waals surface area contributed by atoms with E-state index in [0.29, 0.717) is 6.54 Å². The fourth-order valence-corrected chi connectivity index (χ4v) is 2.26. The Labute approximate surface area is 129 Å². The van der Waals surface area contributed by atoms with E-state index in [-0.39, 0.29) is 5.91 Å². The van der Waals surface area contributed by atoms with E-state index in [2.05, 4.69) is 35.5 Å². The Balaban J connectivity index is 1.94. The molecule has 1 heterocycles. The van der Waals surface area contributed by atoms with Crippen LogP contribution in [0.25, 0.3) is 6.08 Å². The third kappa shape index (κ3) is 4.76. The predicted octanol–water partition coefficient (Wildman–Crippen LogP) is 3.48. The third-order valence-electron chi connectivity index (χ3n) is 3.08. The molecule has 0 unspecified atom stereocenters. The van der Waals surface area contributed by atoms with Gasteiger partial charge in [-0.3, -0.25) is 9.78 Å². The molecule has 0 aliphatic carbocycles. The van der Waals surface area contributed by atoms with E-state index in [1.165, 1.54) is 4.90 Å². The van der Waals surface area contributed by atoms with E-state index in [4.69, 9.17) is 0 Å². The fraction of sp³-hybridized carbons (Fsp3) is 0.176. The minimum atomic E-state index is -0.0132. The molecule has 0 N–H and O–H groups in total. The van der Waals surface area contributed by atoms with Crippen molar-refractivity contribution in [1.29, 1.82) is 0 Å². The zero-order valence-electron chi connectivity index (χ0n) is 12.2. The number of hydrogen-bond acceptors (Lipinski definition) is 3. The molecule has 0 aliphatic heterocycles. The number of pyridine rings is 1. The normalized spacial score (nSPS) is 10.8. The highest BCUT2D eigenvalue weighted by Crippen LogP contribution is 2.15. The van der Waals surface area contributed by atoms with Crippen LogP contribution in [0.1, 0.15) is 11.1 Å². The van der Waals surface area contributed by atoms with Crippen LogP contribution in [0.3, 0.4) is 0 Å². The summed E-state index contributed by atoms with van der Waals surface area (Å²) < 4.78 is 0. The van der Waals surface area contributed by atoms with Gasteiger partial charge in [0.1, 0.15) is 0 Å². The maximum Gasteiger partial charge on any atom is 0.246 e. The number of benzene rings is 1. The lowest BCUT2D eigenvalue weighted by Gasteiger charge is -2.15. The molecular formula is C17H18N2OS. The number of carbonyl (C=O) groups excluding carboxylic acids is 1. The molecule has 0 radical (unpaired) electrons. The molecule has 1 aromatic carbocycles. The van der Waals surface area contributed by atoms with Gasteiger partial charge >= 0.3 is 0 Å². The smallest absolute Gasteiger partial charge is 0.246 e. The molecule has 0 saturated heterocycles. The molecule has 108 valence electrons. The molecule has 0 bridgehead atoms. The van der Waals surface area contributed by atoms with Gasteiger partial charge in [0, 0.05) is 37.0 Å². The number of rotatable bonds is 5. The van der Waals surface area contributed by atoms with Crippen molar-refractivity contribution in [1.82, 2.24) is 9.88 Å². The van der Waals surface area contributed by atoms with Gasteiger partial charge in [0.05, 0.1) is 0 Å². The number of aromatic nitrogens is 1. The van der Waals surface area contributed by atoms with Crippen molar-refractivity contribution in [3.05, 3.63) is 66.0 Å². The van der Waals surface area contributed by atoms with Crippen LogP contribution in [-0.4, -0.2) is 29.1 Å². The lowest BCUT2D eigenvalue weighted by molar-refractivity contribution is -0.125. The lowest BCUT2D eigenvalue weighted by Crippen LogP contribution is -2.24. The molecule has 2 rings (SSSR count). The van der Waals surface area contributed by atoms with Gasteiger partial charge in [0.2, 0.25) is 5.91 Å². The van der Waals surface area contributed by atoms with Gasteiger partial charge in [-0.2, -0.15) is 0 Å². The van der Waals surface area contributed by atoms with Crippen molar-refractivity contribution in [3.8, 4) is 0 Å². The van der Waals surface area contributed by atoms with Crippen molar-refractivity contribution in [2.24, 2.45) is 0 Å². The summed E-state index contributed by atoms with van der Waals surface area (Å²) >= 11 is 1.71. The van der Waals surface area contributed by atoms with Crippen molar-refractivity contribution in [2.75, 3.05) is 13.3 Å². The summed E-state index contributed by atoms with van der Waals surface area (Å²) in [6, 6.07) is 12.0. The van der Waals surface area contributed by atoms with E-state index in [1.54, 1.807) is 41.2 Å². The summed E-state index contributed by atoms with van der Waals surface area (Å²) in [5.74, 6) is -0.0132. The van der Waals surface area contributed by atoms with Crippen molar-refractivity contribution < 1.29 is 4.79 Å². The molecule has 21 heavy (non-hydrogen) atoms. The number of hydrogen-bond donors (Lipinski definition) is 0. The standard InChI is InChI=1S/C17H18N2OS/c1-19(13-15-3-6-16(21-2)7-4-15)17(20)8-5-14-9-11-18-12-10-14/h3-12H,13H2,1-2H3. The first-order valence-corrected chi connectivity index (χ1v) is 7.87. The van der Waals surface area contributed by atoms with E-state index in [9.17, 15) is 4.79 Å². The van der Waals surface area contributed by atoms with Crippen LogP contribution in [0.15, 0.2) is 59.8 Å². The second-order valence-electron chi connectivity index (χ2n) is 4.66. The molecule has 3 nitrogen and oxygen atoms in total. The Morgan fingerprint density at radius 1 is 1.19 bits per heavy atom. The molecular weight excluding hydrogens is 280 g/mol. The molecule has 4 heteroatoms. The Kier molecular flexibility index (Phi) is 5.58. The van der Waals surface area contributed by atoms with Crippen LogP contribution >= 0.6 is 11.8 Å². The monoisotopic (exact) mass is 298 g/mol. The zero-order chi connectivity index (χ0) is 15.1. The van der Waals surface area contributed by atoms with Gasteiger partial charge in [0.15, 0.2) is 0 Å². The van der Waals surface area contributed by atoms with Crippen LogP contribution in [0.4, 0.5) is 0 Å². The molecule has 0 atom stereocenters. The second-order valence-corrected chi connectivity index (χ2v) is 5.54. The summed E-state index contributed by atoms with van der Waals surface area (Å²) in [5.41, 5.74) is 2.09. The molecule has 0 aliphatic rings. The maximum absolute atomic E-state index is 12.1. The molecule has 1 amide bonds. The average molecular weight is 298 g/mol. The van der Waals surface area contributed by atoms with Crippen LogP contribution < -0.4 is 0 Å². The summed E-state index contributed by atoms with van der Waals surface area (Å²) in [6.07, 6.45) is 8.86. The van der Waals surface area contributed by atoms with E-state index < -0.39 is 0 Å².